The SMILES string of the molecule is C.Cl.O=C(Cc1ccc(F)c(Cc2ncccc2-c2ncnc3c2N=CC3)c1F)c1ccno1.O=C(Cc1ccc(F)c(Cc2ncccc2-c2ncnc3c2ncn3C2CCCCO2)c1F)c1ccno1. The molecule has 9 heterocycles. The maximum Gasteiger partial charge on any atom is 0.205 e. The lowest BCUT2D eigenvalue weighted by atomic mass is 9.97. The minimum atomic E-state index is -0.805. The number of fused-ring (bicyclic) bond motifs is 2. The van der Waals surface area contributed by atoms with E-state index in [4.69, 9.17) is 13.8 Å². The molecule has 0 saturated carbocycles. The first-order valence-electron chi connectivity index (χ1n) is 22.0. The van der Waals surface area contributed by atoms with Crippen LogP contribution >= 0.6 is 12.4 Å². The van der Waals surface area contributed by atoms with Crippen LogP contribution in [0.25, 0.3) is 33.7 Å². The summed E-state index contributed by atoms with van der Waals surface area (Å²) in [4.78, 5) is 59.9. The molecule has 11 rings (SSSR count). The van der Waals surface area contributed by atoms with Crippen LogP contribution in [-0.4, -0.2) is 74.2 Å². The zero-order chi connectivity index (χ0) is 48.1. The van der Waals surface area contributed by atoms with Crippen LogP contribution in [0.5, 0.6) is 0 Å². The number of nitrogens with zero attached hydrogens (tertiary/aromatic N) is 11. The van der Waals surface area contributed by atoms with E-state index in [1.54, 1.807) is 49.2 Å². The monoisotopic (exact) mass is 999 g/mol. The van der Waals surface area contributed by atoms with Gasteiger partial charge in [-0.2, -0.15) is 0 Å². The average Bonchev–Trinajstić information content (AvgIpc) is 4.25. The number of ketones is 2. The lowest BCUT2D eigenvalue weighted by molar-refractivity contribution is -0.0298. The lowest BCUT2D eigenvalue weighted by Gasteiger charge is -2.23. The van der Waals surface area contributed by atoms with E-state index in [9.17, 15) is 18.4 Å². The van der Waals surface area contributed by atoms with E-state index in [1.165, 1.54) is 49.3 Å². The molecule has 0 bridgehead atoms. The number of halogens is 5. The summed E-state index contributed by atoms with van der Waals surface area (Å²) in [5.41, 5.74) is 5.43. The third-order valence-corrected chi connectivity index (χ3v) is 11.9. The van der Waals surface area contributed by atoms with Crippen LogP contribution < -0.4 is 0 Å². The van der Waals surface area contributed by atoms with E-state index >= 15 is 8.78 Å². The van der Waals surface area contributed by atoms with Crippen molar-refractivity contribution >= 4 is 47.0 Å². The van der Waals surface area contributed by atoms with Crippen molar-refractivity contribution in [3.8, 4) is 22.5 Å². The molecule has 2 aliphatic rings. The predicted molar refractivity (Wildman–Crippen MR) is 256 cm³/mol. The number of Topliss-reactive ketones (excluding diaryl/α,β-unsaturated/α-hetero) is 2. The summed E-state index contributed by atoms with van der Waals surface area (Å²) in [6, 6.07) is 14.6. The maximum atomic E-state index is 15.5. The molecule has 1 fully saturated rings. The highest BCUT2D eigenvalue weighted by atomic mass is 35.5. The van der Waals surface area contributed by atoms with Crippen molar-refractivity contribution in [3.05, 3.63) is 179 Å². The number of carbonyl (C=O) groups is 2. The molecule has 1 saturated heterocycles. The van der Waals surface area contributed by atoms with Gasteiger partial charge in [0.2, 0.25) is 23.1 Å². The molecule has 9 aromatic rings. The molecule has 366 valence electrons. The number of carbonyl (C=O) groups excluding carboxylic acids is 2. The van der Waals surface area contributed by atoms with Crippen LogP contribution in [0.3, 0.4) is 0 Å². The number of hydrogen-bond donors (Lipinski definition) is 0. The molecule has 0 radical (unpaired) electrons. The quantitative estimate of drug-likeness (QED) is 0.0779. The zero-order valence-electron chi connectivity index (χ0n) is 37.2. The van der Waals surface area contributed by atoms with Crippen molar-refractivity contribution in [3.63, 3.8) is 0 Å². The minimum Gasteiger partial charge on any atom is -0.358 e. The fraction of sp³-hybridized carbons (Fsp3) is 0.216. The number of aromatic nitrogens is 10. The second kappa shape index (κ2) is 22.2. The third-order valence-electron chi connectivity index (χ3n) is 11.9. The Morgan fingerprint density at radius 2 is 1.24 bits per heavy atom. The number of benzene rings is 2. The van der Waals surface area contributed by atoms with E-state index in [0.29, 0.717) is 63.8 Å². The molecule has 2 aromatic carbocycles. The van der Waals surface area contributed by atoms with Crippen LogP contribution in [-0.2, 0) is 36.8 Å². The van der Waals surface area contributed by atoms with E-state index in [2.05, 4.69) is 50.2 Å². The molecule has 16 nitrogen and oxygen atoms in total. The van der Waals surface area contributed by atoms with E-state index in [0.717, 1.165) is 37.1 Å². The van der Waals surface area contributed by atoms with Gasteiger partial charge in [-0.3, -0.25) is 29.1 Å². The standard InChI is InChI=1S/C27H22F2N6O3.C23H15F2N5O2.CH4.ClH/c28-19-7-6-16(12-21(36)22-8-10-34-38-22)24(29)18(19)13-20-17(4-3-9-30-20)25-26-27(32-14-31-25)35(15-33-26)23-5-1-2-11-37-23;24-16-4-3-13(10-19(31)20-6-9-30-32-20)21(25)15(16)11-18-14(2-1-7-26-18)22-23-17(5-8-27-23)28-12-29-22;;/h3-4,6-10,14-15,23H,1-2,5,11-13H2;1-4,6-9,12H,5,10-11H2;1H4;1H. The van der Waals surface area contributed by atoms with Gasteiger partial charge in [0, 0.05) is 91.7 Å². The first kappa shape index (κ1) is 50.2. The summed E-state index contributed by atoms with van der Waals surface area (Å²) in [6.45, 7) is 0.676. The summed E-state index contributed by atoms with van der Waals surface area (Å²) in [6.07, 6.45) is 14.6. The normalized spacial score (nSPS) is 13.7. The summed E-state index contributed by atoms with van der Waals surface area (Å²) in [5.74, 6) is -3.94. The van der Waals surface area contributed by atoms with Gasteiger partial charge in [-0.25, -0.2) is 42.5 Å². The number of aliphatic imine (C=N–C) groups is 1. The van der Waals surface area contributed by atoms with Gasteiger partial charge in [0.15, 0.2) is 5.65 Å². The van der Waals surface area contributed by atoms with Crippen LogP contribution in [0, 0.1) is 23.3 Å². The van der Waals surface area contributed by atoms with Crippen molar-refractivity contribution in [2.24, 2.45) is 4.99 Å². The molecule has 21 heteroatoms. The van der Waals surface area contributed by atoms with Gasteiger partial charge in [-0.1, -0.05) is 29.9 Å². The molecule has 1 unspecified atom stereocenters. The molecule has 0 spiro atoms. The number of rotatable bonds is 13. The highest BCUT2D eigenvalue weighted by Gasteiger charge is 2.26. The number of ether oxygens (including phenoxy) is 1. The van der Waals surface area contributed by atoms with Gasteiger partial charge in [0.1, 0.15) is 64.7 Å². The van der Waals surface area contributed by atoms with Crippen LogP contribution in [0.1, 0.15) is 93.4 Å². The molecule has 0 aliphatic carbocycles. The van der Waals surface area contributed by atoms with Gasteiger partial charge in [-0.15, -0.1) is 12.4 Å². The Bertz CT molecular complexity index is 3420. The number of hydrogen-bond acceptors (Lipinski definition) is 15. The Balaban J connectivity index is 0.000000190. The Morgan fingerprint density at radius 1 is 0.653 bits per heavy atom. The largest absolute Gasteiger partial charge is 0.358 e. The minimum absolute atomic E-state index is 0. The van der Waals surface area contributed by atoms with Gasteiger partial charge < -0.3 is 13.8 Å². The fourth-order valence-electron chi connectivity index (χ4n) is 8.38. The fourth-order valence-corrected chi connectivity index (χ4v) is 8.38. The highest BCUT2D eigenvalue weighted by Crippen LogP contribution is 2.36. The van der Waals surface area contributed by atoms with Crippen molar-refractivity contribution < 1.29 is 40.9 Å². The summed E-state index contributed by atoms with van der Waals surface area (Å²) < 4.78 is 77.8. The van der Waals surface area contributed by atoms with Crippen molar-refractivity contribution in [1.82, 2.24) is 49.8 Å². The first-order chi connectivity index (χ1) is 34.2. The summed E-state index contributed by atoms with van der Waals surface area (Å²) in [5, 5.41) is 6.98. The molecular formula is C51H42ClF4N11O5. The average molecular weight is 1000 g/mol. The second-order valence-electron chi connectivity index (χ2n) is 16.2. The highest BCUT2D eigenvalue weighted by molar-refractivity contribution is 5.95. The number of pyridine rings is 2. The van der Waals surface area contributed by atoms with Crippen molar-refractivity contribution in [2.45, 2.75) is 65.0 Å². The van der Waals surface area contributed by atoms with Crippen LogP contribution in [0.15, 0.2) is 118 Å². The lowest BCUT2D eigenvalue weighted by Crippen LogP contribution is -2.17. The molecule has 72 heavy (non-hydrogen) atoms. The van der Waals surface area contributed by atoms with Gasteiger partial charge in [0.05, 0.1) is 35.8 Å². The Morgan fingerprint density at radius 3 is 1.81 bits per heavy atom. The van der Waals surface area contributed by atoms with Gasteiger partial charge in [0.25, 0.3) is 0 Å². The van der Waals surface area contributed by atoms with Crippen molar-refractivity contribution in [2.75, 3.05) is 6.61 Å². The number of imidazole rings is 1. The summed E-state index contributed by atoms with van der Waals surface area (Å²) in [7, 11) is 0. The summed E-state index contributed by atoms with van der Waals surface area (Å²) >= 11 is 0. The zero-order valence-corrected chi connectivity index (χ0v) is 38.0. The van der Waals surface area contributed by atoms with E-state index in [1.807, 2.05) is 4.57 Å². The smallest absolute Gasteiger partial charge is 0.205 e. The van der Waals surface area contributed by atoms with E-state index < -0.39 is 34.8 Å². The molecule has 0 amide bonds. The van der Waals surface area contributed by atoms with Gasteiger partial charge >= 0.3 is 0 Å². The molecule has 1 atom stereocenters. The van der Waals surface area contributed by atoms with Crippen LogP contribution in [0.2, 0.25) is 0 Å². The third kappa shape index (κ3) is 10.3. The first-order valence-corrected chi connectivity index (χ1v) is 22.0. The molecule has 7 aromatic heterocycles. The van der Waals surface area contributed by atoms with E-state index in [-0.39, 0.29) is 85.5 Å². The van der Waals surface area contributed by atoms with Crippen molar-refractivity contribution in [1.29, 1.82) is 0 Å². The maximum absolute atomic E-state index is 15.5. The Labute approximate surface area is 414 Å². The second-order valence-corrected chi connectivity index (χ2v) is 16.2. The topological polar surface area (TPSA) is 203 Å². The Kier molecular flexibility index (Phi) is 15.5. The molecule has 0 N–H and O–H groups in total. The Hall–Kier alpha value is -8.23. The predicted octanol–water partition coefficient (Wildman–Crippen LogP) is 10.0. The van der Waals surface area contributed by atoms with Crippen LogP contribution in [0.4, 0.5) is 23.2 Å². The molecular weight excluding hydrogens is 958 g/mol. The molecule has 2 aliphatic heterocycles. The van der Waals surface area contributed by atoms with Gasteiger partial charge in [-0.05, 0) is 66.8 Å².